The van der Waals surface area contributed by atoms with E-state index >= 15 is 0 Å². The molecule has 0 radical (unpaired) electrons. The van der Waals surface area contributed by atoms with Gasteiger partial charge < -0.3 is 10.1 Å². The molecule has 1 aromatic heterocycles. The molecule has 1 fully saturated rings. The van der Waals surface area contributed by atoms with Gasteiger partial charge in [0.1, 0.15) is 0 Å². The summed E-state index contributed by atoms with van der Waals surface area (Å²) < 4.78 is 7.39. The third-order valence-electron chi connectivity index (χ3n) is 2.93. The quantitative estimate of drug-likeness (QED) is 0.752. The molecule has 1 aliphatic heterocycles. The lowest BCUT2D eigenvalue weighted by Gasteiger charge is -2.41. The fourth-order valence-corrected chi connectivity index (χ4v) is 1.88. The van der Waals surface area contributed by atoms with Gasteiger partial charge in [-0.2, -0.15) is 5.10 Å². The summed E-state index contributed by atoms with van der Waals surface area (Å²) in [5.74, 6) is 0. The van der Waals surface area contributed by atoms with Crippen LogP contribution in [0.3, 0.4) is 0 Å². The van der Waals surface area contributed by atoms with Crippen LogP contribution in [0.25, 0.3) is 0 Å². The predicted molar refractivity (Wildman–Crippen MR) is 54.3 cm³/mol. The Hall–Kier alpha value is -0.870. The first-order chi connectivity index (χ1) is 6.65. The maximum Gasteiger partial charge on any atom is 0.0981 e. The molecule has 4 heteroatoms. The highest BCUT2D eigenvalue weighted by molar-refractivity contribution is 5.19. The first kappa shape index (κ1) is 9.68. The van der Waals surface area contributed by atoms with Gasteiger partial charge in [-0.15, -0.1) is 0 Å². The zero-order valence-electron chi connectivity index (χ0n) is 9.00. The van der Waals surface area contributed by atoms with E-state index in [1.54, 1.807) is 7.11 Å². The Kier molecular flexibility index (Phi) is 2.33. The maximum atomic E-state index is 5.53. The van der Waals surface area contributed by atoms with Gasteiger partial charge in [0.05, 0.1) is 11.3 Å². The second kappa shape index (κ2) is 3.37. The van der Waals surface area contributed by atoms with E-state index in [0.717, 1.165) is 25.2 Å². The van der Waals surface area contributed by atoms with Gasteiger partial charge >= 0.3 is 0 Å². The fraction of sp³-hybridized carbons (Fsp3) is 0.700. The molecule has 1 N–H and O–H groups in total. The lowest BCUT2D eigenvalue weighted by atomic mass is 9.90. The van der Waals surface area contributed by atoms with Crippen LogP contribution in [0.4, 0.5) is 0 Å². The van der Waals surface area contributed by atoms with Crippen LogP contribution in [0.15, 0.2) is 6.20 Å². The van der Waals surface area contributed by atoms with Crippen molar-refractivity contribution in [3.05, 3.63) is 17.5 Å². The lowest BCUT2D eigenvalue weighted by molar-refractivity contribution is -0.0510. The van der Waals surface area contributed by atoms with Gasteiger partial charge in [-0.3, -0.25) is 4.68 Å². The van der Waals surface area contributed by atoms with Crippen molar-refractivity contribution in [2.24, 2.45) is 7.05 Å². The molecule has 0 bridgehead atoms. The number of hydrogen-bond donors (Lipinski definition) is 1. The van der Waals surface area contributed by atoms with Crippen molar-refractivity contribution < 1.29 is 4.74 Å². The van der Waals surface area contributed by atoms with Crippen LogP contribution in [0.1, 0.15) is 11.3 Å². The third-order valence-corrected chi connectivity index (χ3v) is 2.93. The SMILES string of the molecule is COC1(Cc2nn(C)cc2C)CNC1. The summed E-state index contributed by atoms with van der Waals surface area (Å²) in [7, 11) is 3.73. The highest BCUT2D eigenvalue weighted by Crippen LogP contribution is 2.22. The molecular weight excluding hydrogens is 178 g/mol. The Morgan fingerprint density at radius 2 is 2.36 bits per heavy atom. The van der Waals surface area contributed by atoms with Gasteiger partial charge in [0.2, 0.25) is 0 Å². The Morgan fingerprint density at radius 3 is 2.71 bits per heavy atom. The van der Waals surface area contributed by atoms with E-state index in [1.165, 1.54) is 5.56 Å². The summed E-state index contributed by atoms with van der Waals surface area (Å²) in [4.78, 5) is 0. The average Bonchev–Trinajstić information content (AvgIpc) is 2.38. The van der Waals surface area contributed by atoms with Crippen molar-refractivity contribution in [2.45, 2.75) is 18.9 Å². The number of nitrogens with zero attached hydrogens (tertiary/aromatic N) is 2. The third kappa shape index (κ3) is 1.55. The largest absolute Gasteiger partial charge is 0.375 e. The summed E-state index contributed by atoms with van der Waals surface area (Å²) in [6, 6.07) is 0. The monoisotopic (exact) mass is 195 g/mol. The molecule has 78 valence electrons. The van der Waals surface area contributed by atoms with E-state index in [-0.39, 0.29) is 5.60 Å². The zero-order valence-corrected chi connectivity index (χ0v) is 9.00. The molecule has 0 amide bonds. The van der Waals surface area contributed by atoms with Crippen molar-refractivity contribution in [3.8, 4) is 0 Å². The highest BCUT2D eigenvalue weighted by Gasteiger charge is 2.38. The molecule has 0 unspecified atom stereocenters. The van der Waals surface area contributed by atoms with Crippen molar-refractivity contribution in [2.75, 3.05) is 20.2 Å². The van der Waals surface area contributed by atoms with Crippen LogP contribution in [-0.4, -0.2) is 35.6 Å². The molecule has 0 aromatic carbocycles. The Labute approximate surface area is 84.3 Å². The Bertz CT molecular complexity index is 323. The van der Waals surface area contributed by atoms with E-state index in [1.807, 2.05) is 17.9 Å². The molecule has 0 spiro atoms. The minimum absolute atomic E-state index is 0.0148. The van der Waals surface area contributed by atoms with Crippen molar-refractivity contribution >= 4 is 0 Å². The smallest absolute Gasteiger partial charge is 0.0981 e. The molecule has 0 saturated carbocycles. The van der Waals surface area contributed by atoms with Crippen LogP contribution in [0.2, 0.25) is 0 Å². The molecule has 1 aromatic rings. The van der Waals surface area contributed by atoms with E-state index in [4.69, 9.17) is 4.74 Å². The Balaban J connectivity index is 2.13. The minimum atomic E-state index is -0.0148. The summed E-state index contributed by atoms with van der Waals surface area (Å²) in [5, 5.41) is 7.67. The summed E-state index contributed by atoms with van der Waals surface area (Å²) in [6.45, 7) is 3.96. The number of nitrogens with one attached hydrogen (secondary N) is 1. The van der Waals surface area contributed by atoms with Gasteiger partial charge in [-0.1, -0.05) is 0 Å². The average molecular weight is 195 g/mol. The number of hydrogen-bond acceptors (Lipinski definition) is 3. The normalized spacial score (nSPS) is 19.4. The van der Waals surface area contributed by atoms with Crippen molar-refractivity contribution in [1.29, 1.82) is 0 Å². The molecule has 2 heterocycles. The van der Waals surface area contributed by atoms with E-state index < -0.39 is 0 Å². The van der Waals surface area contributed by atoms with Crippen LogP contribution < -0.4 is 5.32 Å². The van der Waals surface area contributed by atoms with Crippen molar-refractivity contribution in [3.63, 3.8) is 0 Å². The summed E-state index contributed by atoms with van der Waals surface area (Å²) >= 11 is 0. The molecule has 0 atom stereocenters. The molecule has 2 rings (SSSR count). The number of aromatic nitrogens is 2. The first-order valence-electron chi connectivity index (χ1n) is 4.90. The summed E-state index contributed by atoms with van der Waals surface area (Å²) in [6.07, 6.45) is 2.95. The van der Waals surface area contributed by atoms with Crippen LogP contribution >= 0.6 is 0 Å². The highest BCUT2D eigenvalue weighted by atomic mass is 16.5. The molecule has 0 aliphatic carbocycles. The standard InChI is InChI=1S/C10H17N3O/c1-8-5-13(2)12-9(8)4-10(14-3)6-11-7-10/h5,11H,4,6-7H2,1-3H3. The predicted octanol–water partition coefficient (Wildman–Crippen LogP) is 0.259. The molecule has 1 aliphatic rings. The molecule has 14 heavy (non-hydrogen) atoms. The van der Waals surface area contributed by atoms with Crippen LogP contribution in [-0.2, 0) is 18.2 Å². The minimum Gasteiger partial charge on any atom is -0.375 e. The van der Waals surface area contributed by atoms with Crippen LogP contribution in [0, 0.1) is 6.92 Å². The zero-order chi connectivity index (χ0) is 10.2. The van der Waals surface area contributed by atoms with Gasteiger partial charge in [0.15, 0.2) is 0 Å². The lowest BCUT2D eigenvalue weighted by Crippen LogP contribution is -2.62. The maximum absolute atomic E-state index is 5.53. The van der Waals surface area contributed by atoms with E-state index in [2.05, 4.69) is 17.3 Å². The fourth-order valence-electron chi connectivity index (χ4n) is 1.88. The van der Waals surface area contributed by atoms with Gasteiger partial charge in [-0.05, 0) is 12.5 Å². The number of ether oxygens (including phenoxy) is 1. The number of methoxy groups -OCH3 is 1. The molecular formula is C10H17N3O. The number of aryl methyl sites for hydroxylation is 2. The topological polar surface area (TPSA) is 39.1 Å². The van der Waals surface area contributed by atoms with E-state index in [0.29, 0.717) is 0 Å². The second-order valence-corrected chi connectivity index (χ2v) is 4.10. The molecule has 4 nitrogen and oxygen atoms in total. The van der Waals surface area contributed by atoms with Gasteiger partial charge in [-0.25, -0.2) is 0 Å². The van der Waals surface area contributed by atoms with E-state index in [9.17, 15) is 0 Å². The Morgan fingerprint density at radius 1 is 1.64 bits per heavy atom. The van der Waals surface area contributed by atoms with Gasteiger partial charge in [0.25, 0.3) is 0 Å². The first-order valence-corrected chi connectivity index (χ1v) is 4.90. The van der Waals surface area contributed by atoms with Crippen LogP contribution in [0.5, 0.6) is 0 Å². The van der Waals surface area contributed by atoms with Gasteiger partial charge in [0, 0.05) is 39.9 Å². The number of rotatable bonds is 3. The summed E-state index contributed by atoms with van der Waals surface area (Å²) in [5.41, 5.74) is 2.38. The molecule has 1 saturated heterocycles. The van der Waals surface area contributed by atoms with Crippen molar-refractivity contribution in [1.82, 2.24) is 15.1 Å². The second-order valence-electron chi connectivity index (χ2n) is 4.10.